The molecule has 1 saturated heterocycles. The molecule has 0 unspecified atom stereocenters. The van der Waals surface area contributed by atoms with Crippen LogP contribution in [0.25, 0.3) is 11.3 Å². The second-order valence-electron chi connectivity index (χ2n) is 6.91. The van der Waals surface area contributed by atoms with Crippen LogP contribution in [0.3, 0.4) is 0 Å². The van der Waals surface area contributed by atoms with Crippen molar-refractivity contribution in [2.24, 2.45) is 0 Å². The van der Waals surface area contributed by atoms with E-state index in [4.69, 9.17) is 9.72 Å². The number of ether oxygens (including phenoxy) is 1. The van der Waals surface area contributed by atoms with Gasteiger partial charge in [0.1, 0.15) is 10.8 Å². The van der Waals surface area contributed by atoms with Gasteiger partial charge in [-0.3, -0.25) is 9.69 Å². The van der Waals surface area contributed by atoms with Crippen molar-refractivity contribution in [3.05, 3.63) is 69.0 Å². The molecule has 5 nitrogen and oxygen atoms in total. The Kier molecular flexibility index (Phi) is 6.28. The Bertz CT molecular complexity index is 985. The lowest BCUT2D eigenvalue weighted by Crippen LogP contribution is -2.48. The summed E-state index contributed by atoms with van der Waals surface area (Å²) in [6.45, 7) is 3.92. The molecule has 0 bridgehead atoms. The fourth-order valence-electron chi connectivity index (χ4n) is 3.39. The van der Waals surface area contributed by atoms with Crippen LogP contribution in [0.2, 0.25) is 0 Å². The molecular formula is C22H22BrN3O2S. The third kappa shape index (κ3) is 4.69. The van der Waals surface area contributed by atoms with Gasteiger partial charge in [0.05, 0.1) is 24.9 Å². The Balaban J connectivity index is 1.35. The molecule has 1 aromatic heterocycles. The van der Waals surface area contributed by atoms with Crippen molar-refractivity contribution in [1.82, 2.24) is 14.8 Å². The first-order valence-electron chi connectivity index (χ1n) is 9.49. The van der Waals surface area contributed by atoms with E-state index >= 15 is 0 Å². The molecular weight excluding hydrogens is 450 g/mol. The van der Waals surface area contributed by atoms with Gasteiger partial charge in [0.25, 0.3) is 5.91 Å². The number of benzene rings is 2. The summed E-state index contributed by atoms with van der Waals surface area (Å²) < 4.78 is 6.05. The standard InChI is InChI=1S/C22H22BrN3O2S/c1-28-17-7-8-19(23)18(13-17)22(27)26-11-9-25(10-12-26)14-21-24-20(15-29-21)16-5-3-2-4-6-16/h2-8,13,15H,9-12,14H2,1H3. The third-order valence-corrected chi connectivity index (χ3v) is 6.57. The summed E-state index contributed by atoms with van der Waals surface area (Å²) in [5.41, 5.74) is 2.82. The van der Waals surface area contributed by atoms with Crippen molar-refractivity contribution in [1.29, 1.82) is 0 Å². The Morgan fingerprint density at radius 2 is 1.90 bits per heavy atom. The van der Waals surface area contributed by atoms with Crippen molar-refractivity contribution in [2.45, 2.75) is 6.54 Å². The minimum Gasteiger partial charge on any atom is -0.497 e. The van der Waals surface area contributed by atoms with Crippen LogP contribution in [0, 0.1) is 0 Å². The van der Waals surface area contributed by atoms with Crippen LogP contribution in [0.15, 0.2) is 58.4 Å². The van der Waals surface area contributed by atoms with E-state index in [-0.39, 0.29) is 5.91 Å². The van der Waals surface area contributed by atoms with Gasteiger partial charge in [0.15, 0.2) is 0 Å². The molecule has 1 aliphatic rings. The summed E-state index contributed by atoms with van der Waals surface area (Å²) in [5.74, 6) is 0.726. The van der Waals surface area contributed by atoms with Crippen molar-refractivity contribution in [3.8, 4) is 17.0 Å². The number of amides is 1. The van der Waals surface area contributed by atoms with Crippen LogP contribution < -0.4 is 4.74 Å². The van der Waals surface area contributed by atoms with Gasteiger partial charge in [-0.05, 0) is 34.1 Å². The van der Waals surface area contributed by atoms with E-state index in [1.807, 2.05) is 35.2 Å². The summed E-state index contributed by atoms with van der Waals surface area (Å²) in [6, 6.07) is 15.7. The van der Waals surface area contributed by atoms with Crippen molar-refractivity contribution in [2.75, 3.05) is 33.3 Å². The largest absolute Gasteiger partial charge is 0.497 e. The Labute approximate surface area is 183 Å². The summed E-state index contributed by atoms with van der Waals surface area (Å²) >= 11 is 5.18. The van der Waals surface area contributed by atoms with E-state index in [1.165, 1.54) is 0 Å². The molecule has 0 radical (unpaired) electrons. The maximum Gasteiger partial charge on any atom is 0.255 e. The second-order valence-corrected chi connectivity index (χ2v) is 8.70. The van der Waals surface area contributed by atoms with E-state index in [0.717, 1.165) is 40.4 Å². The monoisotopic (exact) mass is 471 g/mol. The van der Waals surface area contributed by atoms with E-state index < -0.39 is 0 Å². The molecule has 1 fully saturated rings. The van der Waals surface area contributed by atoms with Gasteiger partial charge >= 0.3 is 0 Å². The van der Waals surface area contributed by atoms with Crippen molar-refractivity contribution >= 4 is 33.2 Å². The zero-order valence-corrected chi connectivity index (χ0v) is 18.6. The van der Waals surface area contributed by atoms with E-state index in [9.17, 15) is 4.79 Å². The molecule has 0 saturated carbocycles. The molecule has 4 rings (SSSR count). The number of aromatic nitrogens is 1. The van der Waals surface area contributed by atoms with Gasteiger partial charge in [-0.15, -0.1) is 11.3 Å². The second kappa shape index (κ2) is 9.07. The van der Waals surface area contributed by atoms with Crippen LogP contribution in [0.4, 0.5) is 0 Å². The molecule has 150 valence electrons. The normalized spacial score (nSPS) is 14.8. The van der Waals surface area contributed by atoms with Gasteiger partial charge < -0.3 is 9.64 Å². The highest BCUT2D eigenvalue weighted by atomic mass is 79.9. The molecule has 0 aliphatic carbocycles. The fourth-order valence-corrected chi connectivity index (χ4v) is 4.65. The molecule has 1 aliphatic heterocycles. The maximum atomic E-state index is 12.9. The number of methoxy groups -OCH3 is 1. The first kappa shape index (κ1) is 20.1. The smallest absolute Gasteiger partial charge is 0.255 e. The molecule has 1 amide bonds. The quantitative estimate of drug-likeness (QED) is 0.547. The number of piperazine rings is 1. The summed E-state index contributed by atoms with van der Waals surface area (Å²) in [5, 5.41) is 3.23. The molecule has 29 heavy (non-hydrogen) atoms. The van der Waals surface area contributed by atoms with Gasteiger partial charge in [-0.1, -0.05) is 30.3 Å². The first-order chi connectivity index (χ1) is 14.1. The highest BCUT2D eigenvalue weighted by Crippen LogP contribution is 2.25. The number of thiazole rings is 1. The number of carbonyl (C=O) groups excluding carboxylic acids is 1. The van der Waals surface area contributed by atoms with Crippen LogP contribution in [-0.4, -0.2) is 54.0 Å². The number of hydrogen-bond donors (Lipinski definition) is 0. The van der Waals surface area contributed by atoms with Gasteiger partial charge in [0, 0.05) is 41.6 Å². The lowest BCUT2D eigenvalue weighted by atomic mass is 10.1. The lowest BCUT2D eigenvalue weighted by molar-refractivity contribution is 0.0627. The van der Waals surface area contributed by atoms with E-state index in [0.29, 0.717) is 24.4 Å². The molecule has 2 heterocycles. The van der Waals surface area contributed by atoms with Crippen LogP contribution >= 0.6 is 27.3 Å². The minimum atomic E-state index is 0.0380. The first-order valence-corrected chi connectivity index (χ1v) is 11.2. The SMILES string of the molecule is COc1ccc(Br)c(C(=O)N2CCN(Cc3nc(-c4ccccc4)cs3)CC2)c1. The molecule has 0 spiro atoms. The number of carbonyl (C=O) groups is 1. The fraction of sp³-hybridized carbons (Fsp3) is 0.273. The summed E-state index contributed by atoms with van der Waals surface area (Å²) in [4.78, 5) is 22.0. The predicted molar refractivity (Wildman–Crippen MR) is 119 cm³/mol. The molecule has 2 aromatic carbocycles. The Morgan fingerprint density at radius 3 is 2.62 bits per heavy atom. The average molecular weight is 472 g/mol. The maximum absolute atomic E-state index is 12.9. The Morgan fingerprint density at radius 1 is 1.14 bits per heavy atom. The predicted octanol–water partition coefficient (Wildman–Crippen LogP) is 4.54. The minimum absolute atomic E-state index is 0.0380. The van der Waals surface area contributed by atoms with Gasteiger partial charge in [-0.2, -0.15) is 0 Å². The van der Waals surface area contributed by atoms with Crippen LogP contribution in [-0.2, 0) is 6.54 Å². The number of hydrogen-bond acceptors (Lipinski definition) is 5. The molecule has 7 heteroatoms. The number of halogens is 1. The van der Waals surface area contributed by atoms with Gasteiger partial charge in [0.2, 0.25) is 0 Å². The highest BCUT2D eigenvalue weighted by molar-refractivity contribution is 9.10. The number of rotatable bonds is 5. The summed E-state index contributed by atoms with van der Waals surface area (Å²) in [6.07, 6.45) is 0. The average Bonchev–Trinajstić information content (AvgIpc) is 3.23. The highest BCUT2D eigenvalue weighted by Gasteiger charge is 2.24. The van der Waals surface area contributed by atoms with E-state index in [1.54, 1.807) is 24.5 Å². The lowest BCUT2D eigenvalue weighted by Gasteiger charge is -2.34. The van der Waals surface area contributed by atoms with Crippen LogP contribution in [0.1, 0.15) is 15.4 Å². The van der Waals surface area contributed by atoms with E-state index in [2.05, 4.69) is 38.3 Å². The summed E-state index contributed by atoms with van der Waals surface area (Å²) in [7, 11) is 1.61. The van der Waals surface area contributed by atoms with Gasteiger partial charge in [-0.25, -0.2) is 4.98 Å². The topological polar surface area (TPSA) is 45.7 Å². The zero-order chi connectivity index (χ0) is 20.2. The zero-order valence-electron chi connectivity index (χ0n) is 16.2. The molecule has 3 aromatic rings. The third-order valence-electron chi connectivity index (χ3n) is 5.04. The molecule has 0 N–H and O–H groups in total. The molecule has 0 atom stereocenters. The Hall–Kier alpha value is -2.22. The van der Waals surface area contributed by atoms with Crippen LogP contribution in [0.5, 0.6) is 5.75 Å². The number of nitrogens with zero attached hydrogens (tertiary/aromatic N) is 3. The van der Waals surface area contributed by atoms with Crippen molar-refractivity contribution < 1.29 is 9.53 Å². The van der Waals surface area contributed by atoms with Crippen molar-refractivity contribution in [3.63, 3.8) is 0 Å².